The molecule has 0 radical (unpaired) electrons. The zero-order valence-corrected chi connectivity index (χ0v) is 10.2. The zero-order chi connectivity index (χ0) is 13.7. The molecule has 1 heterocycles. The van der Waals surface area contributed by atoms with E-state index in [0.29, 0.717) is 11.3 Å². The van der Waals surface area contributed by atoms with Crippen molar-refractivity contribution in [3.05, 3.63) is 42.1 Å². The Morgan fingerprint density at radius 2 is 2.11 bits per heavy atom. The number of benzene rings is 1. The van der Waals surface area contributed by atoms with E-state index in [4.69, 9.17) is 5.11 Å². The van der Waals surface area contributed by atoms with E-state index in [1.807, 2.05) is 30.3 Å². The Hall–Kier alpha value is -2.18. The molecular weight excluding hydrogens is 246 g/mol. The van der Waals surface area contributed by atoms with Gasteiger partial charge in [-0.15, -0.1) is 0 Å². The average molecular weight is 261 g/mol. The molecule has 1 atom stereocenters. The first-order valence-electron chi connectivity index (χ1n) is 5.88. The lowest BCUT2D eigenvalue weighted by Gasteiger charge is -2.09. The fourth-order valence-electron chi connectivity index (χ4n) is 1.65. The third kappa shape index (κ3) is 3.18. The van der Waals surface area contributed by atoms with E-state index in [1.165, 1.54) is 6.20 Å². The predicted molar refractivity (Wildman–Crippen MR) is 69.4 cm³/mol. The number of hydrogen-bond donors (Lipinski definition) is 4. The molecule has 2 aromatic rings. The molecule has 1 aromatic heterocycles. The first-order chi connectivity index (χ1) is 9.22. The lowest BCUT2D eigenvalue weighted by molar-refractivity contribution is 0.0802. The highest BCUT2D eigenvalue weighted by atomic mass is 16.3. The Bertz CT molecular complexity index is 539. The summed E-state index contributed by atoms with van der Waals surface area (Å²) in [6, 6.07) is 9.36. The number of hydrogen-bond acceptors (Lipinski definition) is 4. The van der Waals surface area contributed by atoms with E-state index < -0.39 is 12.7 Å². The van der Waals surface area contributed by atoms with Crippen LogP contribution >= 0.6 is 0 Å². The van der Waals surface area contributed by atoms with Gasteiger partial charge in [-0.1, -0.05) is 30.3 Å². The number of amides is 1. The maximum Gasteiger partial charge on any atom is 0.255 e. The fourth-order valence-corrected chi connectivity index (χ4v) is 1.65. The summed E-state index contributed by atoms with van der Waals surface area (Å²) in [5, 5.41) is 27.1. The molecule has 4 N–H and O–H groups in total. The van der Waals surface area contributed by atoms with Crippen molar-refractivity contribution in [2.75, 3.05) is 13.2 Å². The number of aromatic amines is 1. The summed E-state index contributed by atoms with van der Waals surface area (Å²) in [5.74, 6) is -0.347. The largest absolute Gasteiger partial charge is 0.394 e. The van der Waals surface area contributed by atoms with Crippen molar-refractivity contribution in [2.45, 2.75) is 6.10 Å². The molecule has 0 spiro atoms. The molecule has 0 bridgehead atoms. The zero-order valence-electron chi connectivity index (χ0n) is 10.2. The fraction of sp³-hybridized carbons (Fsp3) is 0.231. The molecule has 0 saturated heterocycles. The molecule has 1 amide bonds. The number of H-pyrrole nitrogens is 1. The Morgan fingerprint density at radius 3 is 2.79 bits per heavy atom. The third-order valence-electron chi connectivity index (χ3n) is 2.66. The van der Waals surface area contributed by atoms with Gasteiger partial charge in [-0.3, -0.25) is 9.89 Å². The molecule has 100 valence electrons. The number of nitrogens with zero attached hydrogens (tertiary/aromatic N) is 1. The van der Waals surface area contributed by atoms with Crippen LogP contribution in [0.3, 0.4) is 0 Å². The van der Waals surface area contributed by atoms with E-state index >= 15 is 0 Å². The van der Waals surface area contributed by atoms with Gasteiger partial charge in [0, 0.05) is 12.1 Å². The van der Waals surface area contributed by atoms with Crippen molar-refractivity contribution in [3.8, 4) is 11.3 Å². The molecule has 6 heteroatoms. The predicted octanol–water partition coefficient (Wildman–Crippen LogP) is 0.160. The Balaban J connectivity index is 2.14. The topological polar surface area (TPSA) is 98.2 Å². The monoisotopic (exact) mass is 261 g/mol. The van der Waals surface area contributed by atoms with Gasteiger partial charge in [0.15, 0.2) is 0 Å². The normalized spacial score (nSPS) is 12.1. The first-order valence-corrected chi connectivity index (χ1v) is 5.88. The van der Waals surface area contributed by atoms with Crippen LogP contribution in [-0.2, 0) is 0 Å². The molecule has 1 unspecified atom stereocenters. The number of rotatable bonds is 5. The molecular formula is C13H15N3O3. The number of aromatic nitrogens is 2. The quantitative estimate of drug-likeness (QED) is 0.616. The van der Waals surface area contributed by atoms with E-state index in [9.17, 15) is 9.90 Å². The standard InChI is InChI=1S/C13H15N3O3/c17-8-10(18)6-14-13(19)11-7-15-16-12(11)9-4-2-1-3-5-9/h1-5,7,10,17-18H,6,8H2,(H,14,19)(H,15,16). The van der Waals surface area contributed by atoms with Crippen LogP contribution in [0.2, 0.25) is 0 Å². The highest BCUT2D eigenvalue weighted by molar-refractivity contribution is 5.99. The molecule has 0 fully saturated rings. The second-order valence-electron chi connectivity index (χ2n) is 4.07. The Morgan fingerprint density at radius 1 is 1.37 bits per heavy atom. The molecule has 0 aliphatic carbocycles. The summed E-state index contributed by atoms with van der Waals surface area (Å²) in [4.78, 5) is 12.0. The summed E-state index contributed by atoms with van der Waals surface area (Å²) in [5.41, 5.74) is 1.88. The summed E-state index contributed by atoms with van der Waals surface area (Å²) >= 11 is 0. The van der Waals surface area contributed by atoms with Gasteiger partial charge in [-0.2, -0.15) is 5.10 Å². The van der Waals surface area contributed by atoms with Crippen molar-refractivity contribution < 1.29 is 15.0 Å². The van der Waals surface area contributed by atoms with Crippen LogP contribution < -0.4 is 5.32 Å². The summed E-state index contributed by atoms with van der Waals surface area (Å²) < 4.78 is 0. The van der Waals surface area contributed by atoms with Crippen LogP contribution in [0.1, 0.15) is 10.4 Å². The second kappa shape index (κ2) is 6.12. The molecule has 0 saturated carbocycles. The van der Waals surface area contributed by atoms with Crippen molar-refractivity contribution in [1.29, 1.82) is 0 Å². The SMILES string of the molecule is O=C(NCC(O)CO)c1cn[nH]c1-c1ccccc1. The number of carbonyl (C=O) groups excluding carboxylic acids is 1. The van der Waals surface area contributed by atoms with Gasteiger partial charge < -0.3 is 15.5 Å². The van der Waals surface area contributed by atoms with E-state index in [0.717, 1.165) is 5.56 Å². The smallest absolute Gasteiger partial charge is 0.255 e. The lowest BCUT2D eigenvalue weighted by Crippen LogP contribution is -2.33. The average Bonchev–Trinajstić information content (AvgIpc) is 2.94. The van der Waals surface area contributed by atoms with Crippen LogP contribution in [0.5, 0.6) is 0 Å². The van der Waals surface area contributed by atoms with Crippen LogP contribution in [0.15, 0.2) is 36.5 Å². The number of aliphatic hydroxyl groups is 2. The summed E-state index contributed by atoms with van der Waals surface area (Å²) in [6.45, 7) is -0.397. The minimum Gasteiger partial charge on any atom is -0.394 e. The number of aliphatic hydroxyl groups excluding tert-OH is 2. The minimum absolute atomic E-state index is 0.00522. The Kier molecular flexibility index (Phi) is 4.27. The molecule has 19 heavy (non-hydrogen) atoms. The van der Waals surface area contributed by atoms with Crippen molar-refractivity contribution in [2.24, 2.45) is 0 Å². The van der Waals surface area contributed by atoms with Gasteiger partial charge in [0.1, 0.15) is 0 Å². The van der Waals surface area contributed by atoms with Crippen LogP contribution in [0.25, 0.3) is 11.3 Å². The number of nitrogens with one attached hydrogen (secondary N) is 2. The van der Waals surface area contributed by atoms with Crippen molar-refractivity contribution in [3.63, 3.8) is 0 Å². The van der Waals surface area contributed by atoms with Gasteiger partial charge in [-0.25, -0.2) is 0 Å². The summed E-state index contributed by atoms with van der Waals surface area (Å²) in [6.07, 6.45) is 0.472. The van der Waals surface area contributed by atoms with Crippen LogP contribution in [0, 0.1) is 0 Å². The van der Waals surface area contributed by atoms with Crippen LogP contribution in [0.4, 0.5) is 0 Å². The highest BCUT2D eigenvalue weighted by Crippen LogP contribution is 2.20. The highest BCUT2D eigenvalue weighted by Gasteiger charge is 2.15. The summed E-state index contributed by atoms with van der Waals surface area (Å²) in [7, 11) is 0. The molecule has 2 rings (SSSR count). The molecule has 6 nitrogen and oxygen atoms in total. The van der Waals surface area contributed by atoms with Crippen LogP contribution in [-0.4, -0.2) is 45.6 Å². The molecule has 1 aromatic carbocycles. The van der Waals surface area contributed by atoms with E-state index in [-0.39, 0.29) is 12.5 Å². The van der Waals surface area contributed by atoms with Gasteiger partial charge in [0.05, 0.1) is 30.2 Å². The Labute approximate surface area is 110 Å². The maximum atomic E-state index is 12.0. The van der Waals surface area contributed by atoms with E-state index in [2.05, 4.69) is 15.5 Å². The maximum absolute atomic E-state index is 12.0. The van der Waals surface area contributed by atoms with Crippen molar-refractivity contribution in [1.82, 2.24) is 15.5 Å². The van der Waals surface area contributed by atoms with Gasteiger partial charge >= 0.3 is 0 Å². The van der Waals surface area contributed by atoms with Gasteiger partial charge in [0.2, 0.25) is 0 Å². The molecule has 0 aliphatic heterocycles. The van der Waals surface area contributed by atoms with Crippen molar-refractivity contribution >= 4 is 5.91 Å². The van der Waals surface area contributed by atoms with Gasteiger partial charge in [0.25, 0.3) is 5.91 Å². The van der Waals surface area contributed by atoms with E-state index in [1.54, 1.807) is 0 Å². The number of carbonyl (C=O) groups is 1. The third-order valence-corrected chi connectivity index (χ3v) is 2.66. The molecule has 0 aliphatic rings. The first kappa shape index (κ1) is 13.3. The lowest BCUT2D eigenvalue weighted by atomic mass is 10.1. The minimum atomic E-state index is -0.962. The second-order valence-corrected chi connectivity index (χ2v) is 4.07. The van der Waals surface area contributed by atoms with Gasteiger partial charge in [-0.05, 0) is 0 Å².